The molecule has 0 saturated heterocycles. The summed E-state index contributed by atoms with van der Waals surface area (Å²) >= 11 is 0. The van der Waals surface area contributed by atoms with Crippen LogP contribution in [0.2, 0.25) is 0 Å². The number of carboxylic acid groups (broad SMARTS) is 2. The molecule has 0 aliphatic carbocycles. The smallest absolute Gasteiger partial charge is 0.321 e. The summed E-state index contributed by atoms with van der Waals surface area (Å²) in [6.07, 6.45) is -0.262. The number of hydrogen-bond donors (Lipinski definition) is 5. The van der Waals surface area contributed by atoms with Crippen LogP contribution >= 0.6 is 0 Å². The van der Waals surface area contributed by atoms with Crippen LogP contribution in [0.1, 0.15) is 68.2 Å². The van der Waals surface area contributed by atoms with Crippen molar-refractivity contribution < 1.29 is 56.8 Å². The maximum absolute atomic E-state index is 10.5. The van der Waals surface area contributed by atoms with Crippen molar-refractivity contribution in [3.63, 3.8) is 0 Å². The first kappa shape index (κ1) is 34.8. The van der Waals surface area contributed by atoms with E-state index in [2.05, 4.69) is 0 Å². The molecule has 0 unspecified atom stereocenters. The Kier molecular flexibility index (Phi) is 29.8. The van der Waals surface area contributed by atoms with E-state index in [1.807, 2.05) is 0 Å². The Hall–Kier alpha value is -0.466. The molecular formula is C16H36O7Ti. The maximum Gasteiger partial charge on any atom is 0.321 e. The van der Waals surface area contributed by atoms with Crippen LogP contribution in [0.3, 0.4) is 0 Å². The van der Waals surface area contributed by atoms with E-state index in [0.29, 0.717) is 0 Å². The van der Waals surface area contributed by atoms with E-state index in [9.17, 15) is 9.59 Å². The molecule has 0 aromatic carbocycles. The van der Waals surface area contributed by atoms with Crippen LogP contribution in [0.25, 0.3) is 0 Å². The van der Waals surface area contributed by atoms with Gasteiger partial charge in [-0.2, -0.15) is 0 Å². The number of aliphatic carboxylic acids is 2. The Morgan fingerprint density at radius 3 is 0.833 bits per heavy atom. The zero-order valence-electron chi connectivity index (χ0n) is 16.2. The third-order valence-corrected chi connectivity index (χ3v) is 2.03. The third-order valence-electron chi connectivity index (χ3n) is 2.03. The molecule has 0 radical (unpaired) electrons. The molecule has 0 fully saturated rings. The molecule has 0 bridgehead atoms. The molecule has 0 aliphatic heterocycles. The molecule has 0 rings (SSSR count). The van der Waals surface area contributed by atoms with E-state index in [4.69, 9.17) is 25.5 Å². The minimum atomic E-state index is -1.58. The molecule has 0 amide bonds. The number of carbonyl (C=O) groups is 2. The minimum Gasteiger partial charge on any atom is -0.480 e. The van der Waals surface area contributed by atoms with Crippen molar-refractivity contribution in [3.8, 4) is 0 Å². The zero-order valence-corrected chi connectivity index (χ0v) is 17.8. The standard InChI is InChI=1S/C7H12O4.3C3H8O.Ti/c1-3-7(4-2,5(8)9)6(10)11;3*1-3(2)4;/h3-4H2,1-2H3,(H,8,9)(H,10,11);3*3-4H,1-2H3;. The monoisotopic (exact) mass is 388 g/mol. The predicted molar refractivity (Wildman–Crippen MR) is 90.4 cm³/mol. The van der Waals surface area contributed by atoms with Gasteiger partial charge in [0.2, 0.25) is 0 Å². The van der Waals surface area contributed by atoms with Gasteiger partial charge in [-0.15, -0.1) is 0 Å². The van der Waals surface area contributed by atoms with E-state index in [1.54, 1.807) is 55.4 Å². The van der Waals surface area contributed by atoms with Crippen LogP contribution in [0, 0.1) is 5.41 Å². The Morgan fingerprint density at radius 1 is 0.708 bits per heavy atom. The van der Waals surface area contributed by atoms with E-state index >= 15 is 0 Å². The van der Waals surface area contributed by atoms with Gasteiger partial charge in [0, 0.05) is 40.0 Å². The largest absolute Gasteiger partial charge is 0.480 e. The fourth-order valence-electron chi connectivity index (χ4n) is 0.946. The van der Waals surface area contributed by atoms with Crippen LogP contribution in [-0.2, 0) is 31.3 Å². The second kappa shape index (κ2) is 20.6. The van der Waals surface area contributed by atoms with Gasteiger partial charge < -0.3 is 25.5 Å². The summed E-state index contributed by atoms with van der Waals surface area (Å²) in [4.78, 5) is 21.1. The number of aliphatic hydroxyl groups is 3. The summed E-state index contributed by atoms with van der Waals surface area (Å²) in [7, 11) is 0. The topological polar surface area (TPSA) is 135 Å². The Bertz CT molecular complexity index is 250. The van der Waals surface area contributed by atoms with E-state index in [-0.39, 0.29) is 52.9 Å². The number of rotatable bonds is 4. The van der Waals surface area contributed by atoms with Crippen LogP contribution in [0.15, 0.2) is 0 Å². The van der Waals surface area contributed by atoms with Crippen molar-refractivity contribution in [2.24, 2.45) is 5.41 Å². The van der Waals surface area contributed by atoms with Crippen molar-refractivity contribution >= 4 is 11.9 Å². The van der Waals surface area contributed by atoms with E-state index < -0.39 is 17.4 Å². The second-order valence-corrected chi connectivity index (χ2v) is 5.68. The molecule has 0 aliphatic rings. The van der Waals surface area contributed by atoms with Gasteiger partial charge in [0.1, 0.15) is 0 Å². The Labute approximate surface area is 161 Å². The molecule has 0 atom stereocenters. The zero-order chi connectivity index (χ0) is 19.8. The Balaban J connectivity index is -0.0000000772. The van der Waals surface area contributed by atoms with Crippen molar-refractivity contribution in [1.29, 1.82) is 0 Å². The van der Waals surface area contributed by atoms with E-state index in [1.165, 1.54) is 0 Å². The number of aliphatic hydroxyl groups excluding tert-OH is 3. The van der Waals surface area contributed by atoms with Crippen LogP contribution in [0.5, 0.6) is 0 Å². The first-order valence-corrected chi connectivity index (χ1v) is 7.72. The number of hydrogen-bond acceptors (Lipinski definition) is 5. The maximum atomic E-state index is 10.5. The first-order chi connectivity index (χ1) is 10.2. The SMILES string of the molecule is CC(C)O.CC(C)O.CC(C)O.CCC(CC)(C(=O)O)C(=O)O.[Ti]. The van der Waals surface area contributed by atoms with Gasteiger partial charge in [0.15, 0.2) is 5.41 Å². The van der Waals surface area contributed by atoms with Crippen molar-refractivity contribution in [3.05, 3.63) is 0 Å². The molecule has 8 heteroatoms. The molecule has 0 spiro atoms. The summed E-state index contributed by atoms with van der Waals surface area (Å²) in [6.45, 7) is 13.5. The summed E-state index contributed by atoms with van der Waals surface area (Å²) in [5.41, 5.74) is -1.58. The fourth-order valence-corrected chi connectivity index (χ4v) is 0.946. The summed E-state index contributed by atoms with van der Waals surface area (Å²) in [5.74, 6) is -2.51. The third kappa shape index (κ3) is 29.5. The summed E-state index contributed by atoms with van der Waals surface area (Å²) in [5, 5.41) is 41.4. The first-order valence-electron chi connectivity index (χ1n) is 7.72. The van der Waals surface area contributed by atoms with Gasteiger partial charge in [0.25, 0.3) is 0 Å². The molecule has 0 aromatic heterocycles. The van der Waals surface area contributed by atoms with Crippen LogP contribution < -0.4 is 0 Å². The predicted octanol–water partition coefficient (Wildman–Crippen LogP) is 2.12. The minimum absolute atomic E-state index is 0. The molecule has 0 saturated carbocycles. The molecule has 146 valence electrons. The average molecular weight is 388 g/mol. The fraction of sp³-hybridized carbons (Fsp3) is 0.875. The van der Waals surface area contributed by atoms with Crippen molar-refractivity contribution in [1.82, 2.24) is 0 Å². The molecule has 0 aromatic rings. The van der Waals surface area contributed by atoms with Gasteiger partial charge in [-0.25, -0.2) is 0 Å². The molecule has 24 heavy (non-hydrogen) atoms. The van der Waals surface area contributed by atoms with Gasteiger partial charge in [-0.1, -0.05) is 13.8 Å². The van der Waals surface area contributed by atoms with Gasteiger partial charge in [-0.3, -0.25) is 9.59 Å². The second-order valence-electron chi connectivity index (χ2n) is 5.68. The molecular weight excluding hydrogens is 352 g/mol. The van der Waals surface area contributed by atoms with Crippen molar-refractivity contribution in [2.45, 2.75) is 86.5 Å². The normalized spacial score (nSPS) is 9.58. The van der Waals surface area contributed by atoms with Gasteiger partial charge in [-0.05, 0) is 54.4 Å². The number of carboxylic acids is 2. The molecule has 7 nitrogen and oxygen atoms in total. The summed E-state index contributed by atoms with van der Waals surface area (Å²) < 4.78 is 0. The van der Waals surface area contributed by atoms with Crippen molar-refractivity contribution in [2.75, 3.05) is 0 Å². The van der Waals surface area contributed by atoms with Gasteiger partial charge in [0.05, 0.1) is 0 Å². The van der Waals surface area contributed by atoms with E-state index in [0.717, 1.165) is 0 Å². The van der Waals surface area contributed by atoms with Gasteiger partial charge >= 0.3 is 11.9 Å². The summed E-state index contributed by atoms with van der Waals surface area (Å²) in [6, 6.07) is 0. The molecule has 0 heterocycles. The average Bonchev–Trinajstić information content (AvgIpc) is 2.27. The van der Waals surface area contributed by atoms with Crippen LogP contribution in [-0.4, -0.2) is 55.8 Å². The molecule has 5 N–H and O–H groups in total. The quantitative estimate of drug-likeness (QED) is 0.368. The Morgan fingerprint density at radius 2 is 0.833 bits per heavy atom. The van der Waals surface area contributed by atoms with Crippen LogP contribution in [0.4, 0.5) is 0 Å².